The Kier molecular flexibility index (Phi) is 6.59. The van der Waals surface area contributed by atoms with Gasteiger partial charge in [-0.2, -0.15) is 0 Å². The topological polar surface area (TPSA) is 87.6 Å². The third-order valence-electron chi connectivity index (χ3n) is 6.94. The average Bonchev–Trinajstić information content (AvgIpc) is 2.86. The summed E-state index contributed by atoms with van der Waals surface area (Å²) in [6.45, 7) is 8.02. The highest BCUT2D eigenvalue weighted by atomic mass is 16.7. The van der Waals surface area contributed by atoms with E-state index in [1.54, 1.807) is 6.07 Å². The zero-order valence-corrected chi connectivity index (χ0v) is 18.3. The number of nitro groups is 1. The molecule has 0 radical (unpaired) electrons. The van der Waals surface area contributed by atoms with Crippen molar-refractivity contribution in [2.24, 2.45) is 0 Å². The van der Waals surface area contributed by atoms with E-state index in [0.29, 0.717) is 0 Å². The molecule has 0 amide bonds. The molecule has 6 nitrogen and oxygen atoms in total. The standard InChI is InChI=1S/C22H35BN2O4/c1-21(2)22(3,4)29-23(28-21)17-14-18(20(25(26)27)19(24)15-17)16-12-10-8-6-5-7-9-11-13-16/h14-16H,5-13,24H2,1-4H3. The first-order valence-electron chi connectivity index (χ1n) is 11.1. The van der Waals surface area contributed by atoms with Crippen molar-refractivity contribution >= 4 is 24.0 Å². The predicted molar refractivity (Wildman–Crippen MR) is 118 cm³/mol. The summed E-state index contributed by atoms with van der Waals surface area (Å²) in [6, 6.07) is 3.58. The molecule has 0 bridgehead atoms. The molecule has 0 atom stereocenters. The minimum Gasteiger partial charge on any atom is -0.399 e. The summed E-state index contributed by atoms with van der Waals surface area (Å²) in [5.74, 6) is 0.151. The van der Waals surface area contributed by atoms with E-state index in [0.717, 1.165) is 36.7 Å². The van der Waals surface area contributed by atoms with Gasteiger partial charge in [0.1, 0.15) is 5.69 Å². The molecule has 7 heteroatoms. The number of nitro benzene ring substituents is 1. The number of benzene rings is 1. The third-order valence-corrected chi connectivity index (χ3v) is 6.94. The quantitative estimate of drug-likeness (QED) is 0.330. The molecule has 2 N–H and O–H groups in total. The van der Waals surface area contributed by atoms with Gasteiger partial charge in [0.25, 0.3) is 5.69 Å². The van der Waals surface area contributed by atoms with Crippen LogP contribution in [-0.4, -0.2) is 23.2 Å². The Labute approximate surface area is 174 Å². The maximum Gasteiger partial charge on any atom is 0.494 e. The van der Waals surface area contributed by atoms with E-state index < -0.39 is 18.3 Å². The number of rotatable bonds is 3. The largest absolute Gasteiger partial charge is 0.494 e. The number of hydrogen-bond donors (Lipinski definition) is 1. The van der Waals surface area contributed by atoms with Gasteiger partial charge in [-0.1, -0.05) is 51.0 Å². The fourth-order valence-corrected chi connectivity index (χ4v) is 4.46. The maximum atomic E-state index is 11.9. The number of nitrogens with zero attached hydrogens (tertiary/aromatic N) is 1. The molecule has 0 spiro atoms. The van der Waals surface area contributed by atoms with Gasteiger partial charge in [-0.15, -0.1) is 0 Å². The summed E-state index contributed by atoms with van der Waals surface area (Å²) >= 11 is 0. The van der Waals surface area contributed by atoms with E-state index in [-0.39, 0.29) is 22.2 Å². The van der Waals surface area contributed by atoms with Crippen molar-refractivity contribution in [2.45, 2.75) is 103 Å². The second-order valence-electron chi connectivity index (χ2n) is 9.64. The Bertz CT molecular complexity index is 725. The smallest absolute Gasteiger partial charge is 0.399 e. The minimum atomic E-state index is -0.568. The molecule has 160 valence electrons. The van der Waals surface area contributed by atoms with E-state index in [4.69, 9.17) is 15.0 Å². The van der Waals surface area contributed by atoms with Gasteiger partial charge in [0.15, 0.2) is 0 Å². The fourth-order valence-electron chi connectivity index (χ4n) is 4.46. The lowest BCUT2D eigenvalue weighted by atomic mass is 9.75. The fraction of sp³-hybridized carbons (Fsp3) is 0.727. The molecule has 2 aliphatic rings. The molecule has 1 heterocycles. The molecular formula is C22H35BN2O4. The molecule has 1 saturated carbocycles. The van der Waals surface area contributed by atoms with Crippen LogP contribution in [0.15, 0.2) is 12.1 Å². The number of nitrogen functional groups attached to an aromatic ring is 1. The first-order valence-corrected chi connectivity index (χ1v) is 11.1. The molecule has 0 unspecified atom stereocenters. The van der Waals surface area contributed by atoms with Crippen LogP contribution in [0.25, 0.3) is 0 Å². The predicted octanol–water partition coefficient (Wildman–Crippen LogP) is 5.08. The monoisotopic (exact) mass is 402 g/mol. The van der Waals surface area contributed by atoms with Crippen molar-refractivity contribution in [2.75, 3.05) is 5.73 Å². The summed E-state index contributed by atoms with van der Waals surface area (Å²) in [5, 5.41) is 11.9. The van der Waals surface area contributed by atoms with Gasteiger partial charge in [-0.3, -0.25) is 10.1 Å². The van der Waals surface area contributed by atoms with Gasteiger partial charge in [0.05, 0.1) is 16.1 Å². The normalized spacial score (nSPS) is 23.1. The Morgan fingerprint density at radius 2 is 1.45 bits per heavy atom. The lowest BCUT2D eigenvalue weighted by Gasteiger charge is -2.32. The molecule has 1 aromatic rings. The Morgan fingerprint density at radius 3 is 1.93 bits per heavy atom. The van der Waals surface area contributed by atoms with E-state index in [9.17, 15) is 10.1 Å². The van der Waals surface area contributed by atoms with Gasteiger partial charge in [0.2, 0.25) is 0 Å². The molecule has 1 aliphatic carbocycles. The van der Waals surface area contributed by atoms with E-state index in [1.165, 1.54) is 32.1 Å². The first kappa shape index (κ1) is 22.1. The van der Waals surface area contributed by atoms with Crippen LogP contribution >= 0.6 is 0 Å². The van der Waals surface area contributed by atoms with Crippen LogP contribution in [0.5, 0.6) is 0 Å². The summed E-state index contributed by atoms with van der Waals surface area (Å²) in [7, 11) is -0.568. The van der Waals surface area contributed by atoms with Gasteiger partial charge >= 0.3 is 7.12 Å². The van der Waals surface area contributed by atoms with Crippen LogP contribution < -0.4 is 11.2 Å². The van der Waals surface area contributed by atoms with Gasteiger partial charge in [-0.25, -0.2) is 0 Å². The summed E-state index contributed by atoms with van der Waals surface area (Å²) in [5.41, 5.74) is 7.06. The zero-order valence-electron chi connectivity index (χ0n) is 18.3. The Hall–Kier alpha value is -1.60. The lowest BCUT2D eigenvalue weighted by molar-refractivity contribution is -0.384. The second kappa shape index (κ2) is 8.64. The number of hydrogen-bond acceptors (Lipinski definition) is 5. The number of nitrogens with two attached hydrogens (primary N) is 1. The summed E-state index contributed by atoms with van der Waals surface area (Å²) < 4.78 is 12.4. The molecular weight excluding hydrogens is 367 g/mol. The first-order chi connectivity index (χ1) is 13.6. The molecule has 2 fully saturated rings. The SMILES string of the molecule is CC1(C)OB(c2cc(N)c([N+](=O)[O-])c(C3CCCCCCCCC3)c2)OC1(C)C. The van der Waals surface area contributed by atoms with Crippen LogP contribution in [0.4, 0.5) is 11.4 Å². The van der Waals surface area contributed by atoms with E-state index in [1.807, 2.05) is 33.8 Å². The maximum absolute atomic E-state index is 11.9. The third kappa shape index (κ3) is 4.77. The van der Waals surface area contributed by atoms with Gasteiger partial charge in [-0.05, 0) is 58.0 Å². The Morgan fingerprint density at radius 1 is 0.966 bits per heavy atom. The molecule has 1 saturated heterocycles. The van der Waals surface area contributed by atoms with Crippen LogP contribution in [-0.2, 0) is 9.31 Å². The minimum absolute atomic E-state index is 0.0623. The van der Waals surface area contributed by atoms with Crippen molar-refractivity contribution in [3.63, 3.8) is 0 Å². The lowest BCUT2D eigenvalue weighted by Crippen LogP contribution is -2.41. The van der Waals surface area contributed by atoms with Gasteiger partial charge in [0, 0.05) is 5.56 Å². The van der Waals surface area contributed by atoms with Crippen molar-refractivity contribution in [1.82, 2.24) is 0 Å². The molecule has 29 heavy (non-hydrogen) atoms. The highest BCUT2D eigenvalue weighted by molar-refractivity contribution is 6.62. The van der Waals surface area contributed by atoms with Crippen molar-refractivity contribution in [1.29, 1.82) is 0 Å². The average molecular weight is 402 g/mol. The van der Waals surface area contributed by atoms with Gasteiger partial charge < -0.3 is 15.0 Å². The molecule has 1 aromatic carbocycles. The van der Waals surface area contributed by atoms with Crippen molar-refractivity contribution < 1.29 is 14.2 Å². The molecule has 1 aliphatic heterocycles. The molecule has 3 rings (SSSR count). The second-order valence-corrected chi connectivity index (χ2v) is 9.64. The van der Waals surface area contributed by atoms with Crippen LogP contribution in [0.1, 0.15) is 97.0 Å². The van der Waals surface area contributed by atoms with Crippen LogP contribution in [0.3, 0.4) is 0 Å². The van der Waals surface area contributed by atoms with Crippen molar-refractivity contribution in [3.8, 4) is 0 Å². The summed E-state index contributed by atoms with van der Waals surface area (Å²) in [4.78, 5) is 11.5. The zero-order chi connectivity index (χ0) is 21.2. The van der Waals surface area contributed by atoms with E-state index in [2.05, 4.69) is 0 Å². The highest BCUT2D eigenvalue weighted by Gasteiger charge is 2.52. The van der Waals surface area contributed by atoms with E-state index >= 15 is 0 Å². The van der Waals surface area contributed by atoms with Crippen molar-refractivity contribution in [3.05, 3.63) is 27.8 Å². The van der Waals surface area contributed by atoms with Crippen LogP contribution in [0, 0.1) is 10.1 Å². The number of anilines is 1. The van der Waals surface area contributed by atoms with Crippen LogP contribution in [0.2, 0.25) is 0 Å². The summed E-state index contributed by atoms with van der Waals surface area (Å²) in [6.07, 6.45) is 10.3. The Balaban J connectivity index is 1.97. The molecule has 0 aromatic heterocycles. The highest BCUT2D eigenvalue weighted by Crippen LogP contribution is 2.40.